The normalized spacial score (nSPS) is 11.1. The quantitative estimate of drug-likeness (QED) is 0.878. The molecule has 0 amide bonds. The van der Waals surface area contributed by atoms with Gasteiger partial charge < -0.3 is 10.3 Å². The van der Waals surface area contributed by atoms with Gasteiger partial charge >= 0.3 is 0 Å². The Balaban J connectivity index is 2.13. The van der Waals surface area contributed by atoms with E-state index in [4.69, 9.17) is 10.3 Å². The number of nitrogens with two attached hydrogens (primary N) is 1. The summed E-state index contributed by atoms with van der Waals surface area (Å²) in [6, 6.07) is 8.10. The van der Waals surface area contributed by atoms with Gasteiger partial charge in [-0.1, -0.05) is 31.1 Å². The molecule has 1 heterocycles. The lowest BCUT2D eigenvalue weighted by Crippen LogP contribution is -2.02. The summed E-state index contributed by atoms with van der Waals surface area (Å²) < 4.78 is 5.27. The van der Waals surface area contributed by atoms with Crippen LogP contribution in [-0.4, -0.2) is 16.7 Å². The first-order chi connectivity index (χ1) is 8.69. The third-order valence-corrected chi connectivity index (χ3v) is 2.69. The summed E-state index contributed by atoms with van der Waals surface area (Å²) in [6.45, 7) is 4.94. The van der Waals surface area contributed by atoms with Crippen molar-refractivity contribution in [2.24, 2.45) is 11.7 Å². The van der Waals surface area contributed by atoms with Crippen molar-refractivity contribution in [3.63, 3.8) is 0 Å². The largest absolute Gasteiger partial charge is 0.334 e. The van der Waals surface area contributed by atoms with Gasteiger partial charge in [0, 0.05) is 12.0 Å². The summed E-state index contributed by atoms with van der Waals surface area (Å²) >= 11 is 0. The smallest absolute Gasteiger partial charge is 0.257 e. The molecule has 1 aromatic heterocycles. The molecule has 0 unspecified atom stereocenters. The summed E-state index contributed by atoms with van der Waals surface area (Å²) in [5, 5.41) is 3.99. The lowest BCUT2D eigenvalue weighted by molar-refractivity contribution is 0.418. The molecular weight excluding hydrogens is 226 g/mol. The predicted molar refractivity (Wildman–Crippen MR) is 71.0 cm³/mol. The van der Waals surface area contributed by atoms with Gasteiger partial charge in [-0.3, -0.25) is 0 Å². The molecule has 0 saturated carbocycles. The molecule has 0 radical (unpaired) electrons. The number of nitrogens with zero attached hydrogens (tertiary/aromatic N) is 2. The van der Waals surface area contributed by atoms with Crippen LogP contribution >= 0.6 is 0 Å². The van der Waals surface area contributed by atoms with Gasteiger partial charge in [0.25, 0.3) is 5.89 Å². The van der Waals surface area contributed by atoms with E-state index in [1.807, 2.05) is 12.1 Å². The van der Waals surface area contributed by atoms with Crippen LogP contribution in [0.15, 0.2) is 28.8 Å². The maximum atomic E-state index is 5.52. The van der Waals surface area contributed by atoms with E-state index in [-0.39, 0.29) is 0 Å². The Morgan fingerprint density at radius 3 is 2.56 bits per heavy atom. The Bertz CT molecular complexity index is 488. The lowest BCUT2D eigenvalue weighted by Gasteiger charge is -1.99. The number of aromatic nitrogens is 2. The van der Waals surface area contributed by atoms with E-state index in [9.17, 15) is 0 Å². The van der Waals surface area contributed by atoms with Crippen LogP contribution in [0.25, 0.3) is 11.5 Å². The Kier molecular flexibility index (Phi) is 4.10. The SMILES string of the molecule is CC(C)Cc1noc(-c2ccc(CCN)cc2)n1. The fraction of sp³-hybridized carbons (Fsp3) is 0.429. The first-order valence-electron chi connectivity index (χ1n) is 6.31. The summed E-state index contributed by atoms with van der Waals surface area (Å²) in [7, 11) is 0. The molecule has 0 aliphatic rings. The molecule has 4 nitrogen and oxygen atoms in total. The third kappa shape index (κ3) is 3.17. The van der Waals surface area contributed by atoms with Crippen LogP contribution in [0.1, 0.15) is 25.2 Å². The van der Waals surface area contributed by atoms with Crippen molar-refractivity contribution in [1.82, 2.24) is 10.1 Å². The van der Waals surface area contributed by atoms with Crippen LogP contribution in [0.2, 0.25) is 0 Å². The van der Waals surface area contributed by atoms with Crippen molar-refractivity contribution in [1.29, 1.82) is 0 Å². The standard InChI is InChI=1S/C14H19N3O/c1-10(2)9-13-16-14(18-17-13)12-5-3-11(4-6-12)7-8-15/h3-6,10H,7-9,15H2,1-2H3. The van der Waals surface area contributed by atoms with Crippen LogP contribution in [-0.2, 0) is 12.8 Å². The Hall–Kier alpha value is -1.68. The van der Waals surface area contributed by atoms with Gasteiger partial charge in [0.1, 0.15) is 0 Å². The second kappa shape index (κ2) is 5.78. The van der Waals surface area contributed by atoms with Crippen LogP contribution in [0.4, 0.5) is 0 Å². The summed E-state index contributed by atoms with van der Waals surface area (Å²) in [4.78, 5) is 4.39. The first-order valence-corrected chi connectivity index (χ1v) is 6.31. The van der Waals surface area contributed by atoms with Gasteiger partial charge in [-0.2, -0.15) is 4.98 Å². The minimum absolute atomic E-state index is 0.530. The maximum absolute atomic E-state index is 5.52. The Morgan fingerprint density at radius 1 is 1.22 bits per heavy atom. The highest BCUT2D eigenvalue weighted by molar-refractivity contribution is 5.53. The molecule has 0 bridgehead atoms. The number of hydrogen-bond donors (Lipinski definition) is 1. The topological polar surface area (TPSA) is 64.9 Å². The molecule has 0 atom stereocenters. The Labute approximate surface area is 107 Å². The molecule has 2 rings (SSSR count). The zero-order valence-corrected chi connectivity index (χ0v) is 10.9. The summed E-state index contributed by atoms with van der Waals surface area (Å²) in [6.07, 6.45) is 1.73. The number of benzene rings is 1. The lowest BCUT2D eigenvalue weighted by atomic mass is 10.1. The van der Waals surface area contributed by atoms with E-state index in [1.165, 1.54) is 5.56 Å². The highest BCUT2D eigenvalue weighted by Gasteiger charge is 2.09. The molecule has 96 valence electrons. The van der Waals surface area contributed by atoms with Crippen LogP contribution in [0.5, 0.6) is 0 Å². The van der Waals surface area contributed by atoms with Crippen molar-refractivity contribution < 1.29 is 4.52 Å². The van der Waals surface area contributed by atoms with Gasteiger partial charge in [-0.25, -0.2) is 0 Å². The van der Waals surface area contributed by atoms with Crippen molar-refractivity contribution in [3.05, 3.63) is 35.7 Å². The fourth-order valence-corrected chi connectivity index (χ4v) is 1.80. The van der Waals surface area contributed by atoms with Crippen molar-refractivity contribution in [2.75, 3.05) is 6.54 Å². The fourth-order valence-electron chi connectivity index (χ4n) is 1.80. The third-order valence-electron chi connectivity index (χ3n) is 2.69. The molecule has 4 heteroatoms. The van der Waals surface area contributed by atoms with E-state index in [0.717, 1.165) is 24.2 Å². The van der Waals surface area contributed by atoms with Crippen LogP contribution in [0.3, 0.4) is 0 Å². The number of rotatable bonds is 5. The molecule has 0 aliphatic heterocycles. The molecule has 0 saturated heterocycles. The molecule has 0 fully saturated rings. The van der Waals surface area contributed by atoms with Gasteiger partial charge in [-0.15, -0.1) is 0 Å². The molecule has 0 spiro atoms. The molecule has 2 N–H and O–H groups in total. The molecule has 2 aromatic rings. The van der Waals surface area contributed by atoms with E-state index < -0.39 is 0 Å². The highest BCUT2D eigenvalue weighted by atomic mass is 16.5. The minimum atomic E-state index is 0.530. The van der Waals surface area contributed by atoms with E-state index in [1.54, 1.807) is 0 Å². The van der Waals surface area contributed by atoms with Gasteiger partial charge in [0.15, 0.2) is 5.82 Å². The summed E-state index contributed by atoms with van der Waals surface area (Å²) in [5.74, 6) is 1.89. The van der Waals surface area contributed by atoms with E-state index in [0.29, 0.717) is 18.4 Å². The van der Waals surface area contributed by atoms with Crippen LogP contribution < -0.4 is 5.73 Å². The van der Waals surface area contributed by atoms with Gasteiger partial charge in [-0.05, 0) is 36.6 Å². The average molecular weight is 245 g/mol. The molecule has 0 aliphatic carbocycles. The van der Waals surface area contributed by atoms with Gasteiger partial charge in [0.05, 0.1) is 0 Å². The van der Waals surface area contributed by atoms with Crippen molar-refractivity contribution >= 4 is 0 Å². The Morgan fingerprint density at radius 2 is 1.94 bits per heavy atom. The molecular formula is C14H19N3O. The van der Waals surface area contributed by atoms with Crippen molar-refractivity contribution in [3.8, 4) is 11.5 Å². The van der Waals surface area contributed by atoms with Crippen molar-refractivity contribution in [2.45, 2.75) is 26.7 Å². The second-order valence-electron chi connectivity index (χ2n) is 4.85. The minimum Gasteiger partial charge on any atom is -0.334 e. The highest BCUT2D eigenvalue weighted by Crippen LogP contribution is 2.18. The monoisotopic (exact) mass is 245 g/mol. The average Bonchev–Trinajstić information content (AvgIpc) is 2.78. The predicted octanol–water partition coefficient (Wildman–Crippen LogP) is 2.44. The zero-order valence-electron chi connectivity index (χ0n) is 10.9. The molecule has 1 aromatic carbocycles. The molecule has 18 heavy (non-hydrogen) atoms. The first kappa shape index (κ1) is 12.8. The zero-order chi connectivity index (χ0) is 13.0. The summed E-state index contributed by atoms with van der Waals surface area (Å²) in [5.41, 5.74) is 7.70. The van der Waals surface area contributed by atoms with Gasteiger partial charge in [0.2, 0.25) is 0 Å². The maximum Gasteiger partial charge on any atom is 0.257 e. The second-order valence-corrected chi connectivity index (χ2v) is 4.85. The van der Waals surface area contributed by atoms with E-state index in [2.05, 4.69) is 36.1 Å². The van der Waals surface area contributed by atoms with E-state index >= 15 is 0 Å². The van der Waals surface area contributed by atoms with Crippen LogP contribution in [0, 0.1) is 5.92 Å². The number of hydrogen-bond acceptors (Lipinski definition) is 4.